The Morgan fingerprint density at radius 1 is 1.21 bits per heavy atom. The van der Waals surface area contributed by atoms with Crippen LogP contribution in [0.3, 0.4) is 0 Å². The number of rotatable bonds is 9. The van der Waals surface area contributed by atoms with E-state index in [-0.39, 0.29) is 0 Å². The van der Waals surface area contributed by atoms with Gasteiger partial charge in [-0.15, -0.1) is 0 Å². The number of ether oxygens (including phenoxy) is 1. The Morgan fingerprint density at radius 3 is 2.73 bits per heavy atom. The number of hydrogen-bond donors (Lipinski definition) is 1. The number of sulfonamides is 1. The van der Waals surface area contributed by atoms with Crippen LogP contribution in [0.4, 0.5) is 5.82 Å². The highest BCUT2D eigenvalue weighted by Crippen LogP contribution is 2.25. The monoisotopic (exact) mass is 472 g/mol. The number of aromatic amines is 1. The van der Waals surface area contributed by atoms with Gasteiger partial charge in [0.25, 0.3) is 0 Å². The van der Waals surface area contributed by atoms with Crippen molar-refractivity contribution in [3.63, 3.8) is 0 Å². The third kappa shape index (κ3) is 5.63. The second-order valence-electron chi connectivity index (χ2n) is 8.56. The van der Waals surface area contributed by atoms with E-state index in [9.17, 15) is 8.42 Å². The lowest BCUT2D eigenvalue weighted by Gasteiger charge is -2.35. The van der Waals surface area contributed by atoms with Crippen LogP contribution in [0.25, 0.3) is 10.9 Å². The van der Waals surface area contributed by atoms with Crippen molar-refractivity contribution in [3.05, 3.63) is 48.0 Å². The molecule has 0 saturated carbocycles. The zero-order valence-corrected chi connectivity index (χ0v) is 20.3. The highest BCUT2D eigenvalue weighted by molar-refractivity contribution is 7.88. The number of nitrogens with one attached hydrogen (secondary N) is 1. The standard InChI is InChI=1S/C23H32N6O3S/c1-27(33(3,30)31)16-18-6-7-21-20(13-18)19(14-25-21)5-4-8-28-9-11-29(12-10-28)23-22(32-2)15-24-17-26-23/h6-7,13-15,17,25H,4-5,8-12,16H2,1-3H3. The zero-order chi connectivity index (χ0) is 23.4. The molecule has 178 valence electrons. The minimum atomic E-state index is -3.20. The zero-order valence-electron chi connectivity index (χ0n) is 19.5. The second-order valence-corrected chi connectivity index (χ2v) is 10.6. The first-order valence-electron chi connectivity index (χ1n) is 11.2. The maximum atomic E-state index is 11.7. The van der Waals surface area contributed by atoms with Gasteiger partial charge in [-0.05, 0) is 42.6 Å². The van der Waals surface area contributed by atoms with Crippen molar-refractivity contribution < 1.29 is 13.2 Å². The molecule has 1 aliphatic rings. The van der Waals surface area contributed by atoms with Crippen LogP contribution >= 0.6 is 0 Å². The van der Waals surface area contributed by atoms with Gasteiger partial charge in [-0.3, -0.25) is 4.90 Å². The number of aromatic nitrogens is 3. The molecule has 0 aliphatic carbocycles. The van der Waals surface area contributed by atoms with E-state index in [1.54, 1.807) is 26.7 Å². The van der Waals surface area contributed by atoms with Gasteiger partial charge in [0, 0.05) is 56.9 Å². The molecule has 0 atom stereocenters. The number of benzene rings is 1. The summed E-state index contributed by atoms with van der Waals surface area (Å²) in [6.45, 7) is 5.22. The first-order valence-corrected chi connectivity index (χ1v) is 13.0. The summed E-state index contributed by atoms with van der Waals surface area (Å²) in [6, 6.07) is 6.12. The summed E-state index contributed by atoms with van der Waals surface area (Å²) >= 11 is 0. The van der Waals surface area contributed by atoms with E-state index in [0.29, 0.717) is 12.3 Å². The molecule has 0 radical (unpaired) electrons. The van der Waals surface area contributed by atoms with E-state index in [2.05, 4.69) is 37.0 Å². The van der Waals surface area contributed by atoms with Crippen LogP contribution < -0.4 is 9.64 Å². The largest absolute Gasteiger partial charge is 0.491 e. The Labute approximate surface area is 195 Å². The van der Waals surface area contributed by atoms with Gasteiger partial charge in [-0.1, -0.05) is 6.07 Å². The van der Waals surface area contributed by atoms with Crippen LogP contribution in [0.15, 0.2) is 36.9 Å². The molecule has 1 aliphatic heterocycles. The molecular weight excluding hydrogens is 440 g/mol. The molecule has 0 bridgehead atoms. The fourth-order valence-corrected chi connectivity index (χ4v) is 4.66. The quantitative estimate of drug-likeness (QED) is 0.510. The molecule has 1 saturated heterocycles. The minimum absolute atomic E-state index is 0.376. The summed E-state index contributed by atoms with van der Waals surface area (Å²) in [7, 11) is 0.0573. The highest BCUT2D eigenvalue weighted by atomic mass is 32.2. The van der Waals surface area contributed by atoms with E-state index in [1.807, 2.05) is 12.1 Å². The summed E-state index contributed by atoms with van der Waals surface area (Å²) < 4.78 is 30.3. The highest BCUT2D eigenvalue weighted by Gasteiger charge is 2.20. The normalized spacial score (nSPS) is 15.5. The third-order valence-electron chi connectivity index (χ3n) is 6.27. The van der Waals surface area contributed by atoms with Gasteiger partial charge in [-0.2, -0.15) is 0 Å². The predicted molar refractivity (Wildman–Crippen MR) is 130 cm³/mol. The molecule has 3 aromatic rings. The number of piperazine rings is 1. The van der Waals surface area contributed by atoms with E-state index >= 15 is 0 Å². The summed E-state index contributed by atoms with van der Waals surface area (Å²) in [4.78, 5) is 16.5. The maximum absolute atomic E-state index is 11.7. The van der Waals surface area contributed by atoms with E-state index in [1.165, 1.54) is 21.5 Å². The van der Waals surface area contributed by atoms with Crippen LogP contribution in [0, 0.1) is 0 Å². The molecule has 33 heavy (non-hydrogen) atoms. The van der Waals surface area contributed by atoms with Gasteiger partial charge in [0.05, 0.1) is 19.6 Å². The number of fused-ring (bicyclic) bond motifs is 1. The van der Waals surface area contributed by atoms with Gasteiger partial charge < -0.3 is 14.6 Å². The Balaban J connectivity index is 1.31. The van der Waals surface area contributed by atoms with Gasteiger partial charge in [0.15, 0.2) is 11.6 Å². The number of anilines is 1. The predicted octanol–water partition coefficient (Wildman–Crippen LogP) is 2.11. The minimum Gasteiger partial charge on any atom is -0.491 e. The summed E-state index contributed by atoms with van der Waals surface area (Å²) in [5.74, 6) is 1.58. The Morgan fingerprint density at radius 2 is 2.00 bits per heavy atom. The number of H-pyrrole nitrogens is 1. The second kappa shape index (κ2) is 10.1. The van der Waals surface area contributed by atoms with Crippen LogP contribution in [-0.2, 0) is 23.0 Å². The molecule has 1 N–H and O–H groups in total. The molecule has 0 amide bonds. The summed E-state index contributed by atoms with van der Waals surface area (Å²) in [5, 5.41) is 1.18. The number of aryl methyl sites for hydroxylation is 1. The smallest absolute Gasteiger partial charge is 0.211 e. The molecule has 10 heteroatoms. The molecule has 4 rings (SSSR count). The molecule has 1 fully saturated rings. The number of methoxy groups -OCH3 is 1. The van der Waals surface area contributed by atoms with Crippen LogP contribution in [0.2, 0.25) is 0 Å². The Hall–Kier alpha value is -2.69. The van der Waals surface area contributed by atoms with Crippen molar-refractivity contribution in [2.45, 2.75) is 19.4 Å². The van der Waals surface area contributed by atoms with Crippen molar-refractivity contribution in [2.24, 2.45) is 0 Å². The fourth-order valence-electron chi connectivity index (χ4n) is 4.27. The SMILES string of the molecule is COc1cncnc1N1CCN(CCCc2c[nH]c3ccc(CN(C)S(C)(=O)=O)cc23)CC1. The molecule has 1 aromatic carbocycles. The average Bonchev–Trinajstić information content (AvgIpc) is 3.21. The molecule has 0 spiro atoms. The number of hydrogen-bond acceptors (Lipinski definition) is 7. The molecule has 3 heterocycles. The van der Waals surface area contributed by atoms with Crippen molar-refractivity contribution >= 4 is 26.7 Å². The molecular formula is C23H32N6O3S. The average molecular weight is 473 g/mol. The van der Waals surface area contributed by atoms with E-state index < -0.39 is 10.0 Å². The van der Waals surface area contributed by atoms with E-state index in [4.69, 9.17) is 4.74 Å². The van der Waals surface area contributed by atoms with Crippen molar-refractivity contribution in [2.75, 3.05) is 58.0 Å². The van der Waals surface area contributed by atoms with Crippen LogP contribution in [0.5, 0.6) is 5.75 Å². The van der Waals surface area contributed by atoms with Crippen molar-refractivity contribution in [1.82, 2.24) is 24.2 Å². The first kappa shape index (κ1) is 23.5. The lowest BCUT2D eigenvalue weighted by molar-refractivity contribution is 0.253. The topological polar surface area (TPSA) is 94.7 Å². The van der Waals surface area contributed by atoms with E-state index in [0.717, 1.165) is 62.5 Å². The van der Waals surface area contributed by atoms with Gasteiger partial charge >= 0.3 is 0 Å². The lowest BCUT2D eigenvalue weighted by Crippen LogP contribution is -2.47. The molecule has 2 aromatic heterocycles. The fraction of sp³-hybridized carbons (Fsp3) is 0.478. The third-order valence-corrected chi connectivity index (χ3v) is 7.54. The maximum Gasteiger partial charge on any atom is 0.211 e. The Kier molecular flexibility index (Phi) is 7.16. The van der Waals surface area contributed by atoms with Crippen LogP contribution in [0.1, 0.15) is 17.5 Å². The van der Waals surface area contributed by atoms with Gasteiger partial charge in [-0.25, -0.2) is 22.7 Å². The summed E-state index contributed by atoms with van der Waals surface area (Å²) in [6.07, 6.45) is 8.63. The lowest BCUT2D eigenvalue weighted by atomic mass is 10.1. The first-order chi connectivity index (χ1) is 15.8. The van der Waals surface area contributed by atoms with Crippen molar-refractivity contribution in [1.29, 1.82) is 0 Å². The summed E-state index contributed by atoms with van der Waals surface area (Å²) in [5.41, 5.74) is 3.36. The molecule has 0 unspecified atom stereocenters. The van der Waals surface area contributed by atoms with Crippen molar-refractivity contribution in [3.8, 4) is 5.75 Å². The Bertz CT molecular complexity index is 1190. The van der Waals surface area contributed by atoms with Gasteiger partial charge in [0.2, 0.25) is 10.0 Å². The van der Waals surface area contributed by atoms with Gasteiger partial charge in [0.1, 0.15) is 6.33 Å². The molecule has 9 nitrogen and oxygen atoms in total. The number of nitrogens with zero attached hydrogens (tertiary/aromatic N) is 5. The van der Waals surface area contributed by atoms with Crippen LogP contribution in [-0.4, -0.2) is 85.7 Å².